The number of nitrogens with zero attached hydrogens (tertiary/aromatic N) is 1. The van der Waals surface area contributed by atoms with Crippen LogP contribution in [0.4, 0.5) is 12.9 Å². The summed E-state index contributed by atoms with van der Waals surface area (Å²) in [5.74, 6) is 0. The molecule has 2 rings (SSSR count). The average molecular weight is 276 g/mol. The predicted octanol–water partition coefficient (Wildman–Crippen LogP) is -1.02. The Balaban J connectivity index is 0.00000128. The Morgan fingerprint density at radius 3 is 2.81 bits per heavy atom. The van der Waals surface area contributed by atoms with Crippen LogP contribution in [0, 0.1) is 0 Å². The van der Waals surface area contributed by atoms with Crippen molar-refractivity contribution in [1.82, 2.24) is 10.2 Å². The monoisotopic (exact) mass is 276 g/mol. The van der Waals surface area contributed by atoms with Crippen LogP contribution >= 0.6 is 11.8 Å². The Bertz CT molecular complexity index is 297. The first-order chi connectivity index (χ1) is 6.97. The zero-order valence-corrected chi connectivity index (χ0v) is 13.4. The van der Waals surface area contributed by atoms with Crippen LogP contribution in [0.1, 0.15) is 13.3 Å². The second-order valence-corrected chi connectivity index (χ2v) is 5.29. The molecular formula is C8H13BF3KN2S. The van der Waals surface area contributed by atoms with E-state index in [0.29, 0.717) is 0 Å². The summed E-state index contributed by atoms with van der Waals surface area (Å²) in [5, 5.41) is 3.11. The summed E-state index contributed by atoms with van der Waals surface area (Å²) in [4.78, 5) is 2.61. The Hall–Kier alpha value is 1.34. The van der Waals surface area contributed by atoms with Gasteiger partial charge in [0.1, 0.15) is 0 Å². The van der Waals surface area contributed by atoms with Gasteiger partial charge < -0.3 is 23.2 Å². The van der Waals surface area contributed by atoms with E-state index in [4.69, 9.17) is 0 Å². The van der Waals surface area contributed by atoms with E-state index < -0.39 is 13.4 Å². The maximum atomic E-state index is 12.4. The Kier molecular flexibility index (Phi) is 5.76. The van der Waals surface area contributed by atoms with E-state index in [-0.39, 0.29) is 56.8 Å². The number of rotatable bonds is 2. The Morgan fingerprint density at radius 1 is 1.50 bits per heavy atom. The number of halogens is 3. The molecule has 1 N–H and O–H groups in total. The second-order valence-electron chi connectivity index (χ2n) is 3.88. The van der Waals surface area contributed by atoms with Gasteiger partial charge in [0.25, 0.3) is 0 Å². The number of hydrogen-bond acceptors (Lipinski definition) is 3. The Morgan fingerprint density at radius 2 is 2.19 bits per heavy atom. The van der Waals surface area contributed by atoms with E-state index in [1.807, 2.05) is 6.92 Å². The van der Waals surface area contributed by atoms with Gasteiger partial charge in [-0.2, -0.15) is 0 Å². The minimum Gasteiger partial charge on any atom is -0.448 e. The van der Waals surface area contributed by atoms with Crippen LogP contribution in [0.25, 0.3) is 0 Å². The maximum Gasteiger partial charge on any atom is 1.00 e. The van der Waals surface area contributed by atoms with E-state index in [9.17, 15) is 12.9 Å². The van der Waals surface area contributed by atoms with Crippen molar-refractivity contribution in [3.63, 3.8) is 0 Å². The normalized spacial score (nSPS) is 25.5. The molecule has 1 unspecified atom stereocenters. The molecule has 2 aliphatic rings. The smallest absolute Gasteiger partial charge is 0.448 e. The van der Waals surface area contributed by atoms with Gasteiger partial charge in [-0.3, -0.25) is 0 Å². The van der Waals surface area contributed by atoms with Crippen LogP contribution in [-0.2, 0) is 0 Å². The van der Waals surface area contributed by atoms with Crippen molar-refractivity contribution in [3.05, 3.63) is 10.6 Å². The van der Waals surface area contributed by atoms with Gasteiger partial charge in [0.15, 0.2) is 0 Å². The van der Waals surface area contributed by atoms with Gasteiger partial charge >= 0.3 is 58.4 Å². The molecule has 0 spiro atoms. The van der Waals surface area contributed by atoms with E-state index in [0.717, 1.165) is 30.1 Å². The number of thioether (sulfide) groups is 1. The summed E-state index contributed by atoms with van der Waals surface area (Å²) in [5.41, 5.74) is 0.908. The summed E-state index contributed by atoms with van der Waals surface area (Å²) in [7, 11) is 0. The van der Waals surface area contributed by atoms with Crippen LogP contribution in [0.15, 0.2) is 10.6 Å². The van der Waals surface area contributed by atoms with Gasteiger partial charge in [-0.15, -0.1) is 11.8 Å². The van der Waals surface area contributed by atoms with E-state index >= 15 is 0 Å². The molecule has 0 bridgehead atoms. The zero-order chi connectivity index (χ0) is 11.1. The Labute approximate surface area is 140 Å². The SMILES string of the molecule is CC1SC2=C(CCNC2)N1C[B-](F)(F)F.[K+]. The third-order valence-corrected chi connectivity index (χ3v) is 3.91. The minimum absolute atomic E-state index is 0. The molecule has 2 nitrogen and oxygen atoms in total. The van der Waals surface area contributed by atoms with E-state index in [2.05, 4.69) is 5.32 Å². The van der Waals surface area contributed by atoms with Gasteiger partial charge in [0, 0.05) is 30.1 Å². The molecule has 0 radical (unpaired) electrons. The van der Waals surface area contributed by atoms with Gasteiger partial charge in [0.2, 0.25) is 0 Å². The quantitative estimate of drug-likeness (QED) is 0.650. The fourth-order valence-corrected chi connectivity index (χ4v) is 3.33. The largest absolute Gasteiger partial charge is 1.00 e. The standard InChI is InChI=1S/C8H13BF3N2S.K/c1-6-14(5-9(10,11)12)7-2-3-13-4-8(7)15-6;/h6,13H,2-5H2,1H3;/q-1;+1. The van der Waals surface area contributed by atoms with Crippen molar-refractivity contribution in [2.45, 2.75) is 18.7 Å². The van der Waals surface area contributed by atoms with Gasteiger partial charge in [0.05, 0.1) is 5.37 Å². The molecule has 0 aliphatic carbocycles. The maximum absolute atomic E-state index is 12.4. The summed E-state index contributed by atoms with van der Waals surface area (Å²) in [6.07, 6.45) is -0.0359. The number of hydrogen-bond donors (Lipinski definition) is 1. The third kappa shape index (κ3) is 3.67. The molecule has 0 saturated heterocycles. The van der Waals surface area contributed by atoms with Crippen molar-refractivity contribution >= 4 is 18.7 Å². The first-order valence-electron chi connectivity index (χ1n) is 5.04. The molecule has 0 amide bonds. The van der Waals surface area contributed by atoms with Crippen LogP contribution in [0.2, 0.25) is 0 Å². The molecule has 16 heavy (non-hydrogen) atoms. The molecule has 8 heteroatoms. The molecule has 2 aliphatic heterocycles. The first kappa shape index (κ1) is 15.4. The van der Waals surface area contributed by atoms with Crippen molar-refractivity contribution in [1.29, 1.82) is 0 Å². The molecule has 0 aromatic heterocycles. The summed E-state index contributed by atoms with van der Waals surface area (Å²) in [6, 6.07) is 0. The number of nitrogens with one attached hydrogen (secondary N) is 1. The molecule has 0 aromatic carbocycles. The molecule has 1 atom stereocenters. The molecule has 86 valence electrons. The van der Waals surface area contributed by atoms with Gasteiger partial charge in [-0.05, 0) is 13.4 Å². The predicted molar refractivity (Wildman–Crippen MR) is 57.3 cm³/mol. The van der Waals surface area contributed by atoms with Crippen LogP contribution < -0.4 is 56.7 Å². The molecule has 0 saturated carbocycles. The summed E-state index contributed by atoms with van der Waals surface area (Å²) in [6.45, 7) is -1.38. The van der Waals surface area contributed by atoms with Gasteiger partial charge in [-0.1, -0.05) is 0 Å². The van der Waals surface area contributed by atoms with Gasteiger partial charge in [-0.25, -0.2) is 0 Å². The van der Waals surface area contributed by atoms with Crippen molar-refractivity contribution in [2.24, 2.45) is 0 Å². The van der Waals surface area contributed by atoms with Crippen LogP contribution in [0.3, 0.4) is 0 Å². The van der Waals surface area contributed by atoms with Crippen molar-refractivity contribution in [3.8, 4) is 0 Å². The van der Waals surface area contributed by atoms with E-state index in [1.54, 1.807) is 11.8 Å². The summed E-state index contributed by atoms with van der Waals surface area (Å²) >= 11 is 1.55. The van der Waals surface area contributed by atoms with E-state index in [1.165, 1.54) is 4.90 Å². The zero-order valence-electron chi connectivity index (χ0n) is 9.47. The third-order valence-electron chi connectivity index (χ3n) is 2.65. The molecule has 0 fully saturated rings. The molecule has 0 aromatic rings. The second kappa shape index (κ2) is 5.99. The van der Waals surface area contributed by atoms with Crippen molar-refractivity contribution in [2.75, 3.05) is 19.5 Å². The fourth-order valence-electron chi connectivity index (χ4n) is 2.03. The first-order valence-corrected chi connectivity index (χ1v) is 5.92. The molecule has 2 heterocycles. The topological polar surface area (TPSA) is 15.3 Å². The fraction of sp³-hybridized carbons (Fsp3) is 0.750. The molecular weight excluding hydrogens is 263 g/mol. The minimum atomic E-state index is -4.73. The van der Waals surface area contributed by atoms with Crippen LogP contribution in [0.5, 0.6) is 0 Å². The van der Waals surface area contributed by atoms with Crippen molar-refractivity contribution < 1.29 is 64.3 Å². The summed E-state index contributed by atoms with van der Waals surface area (Å²) < 4.78 is 37.2. The average Bonchev–Trinajstić information content (AvgIpc) is 2.41. The van der Waals surface area contributed by atoms with Crippen LogP contribution in [-0.4, -0.2) is 36.8 Å².